The van der Waals surface area contributed by atoms with E-state index >= 15 is 0 Å². The molecule has 2 saturated heterocycles. The first-order chi connectivity index (χ1) is 11.2. The van der Waals surface area contributed by atoms with E-state index in [0.29, 0.717) is 30.8 Å². The van der Waals surface area contributed by atoms with Crippen LogP contribution in [0.25, 0.3) is 0 Å². The van der Waals surface area contributed by atoms with Crippen LogP contribution in [0.1, 0.15) is 18.6 Å². The topological polar surface area (TPSA) is 85.5 Å². The monoisotopic (exact) mass is 317 g/mol. The lowest BCUT2D eigenvalue weighted by atomic mass is 10.0. The van der Waals surface area contributed by atoms with Crippen molar-refractivity contribution in [1.29, 1.82) is 0 Å². The normalized spacial score (nSPS) is 20.1. The van der Waals surface area contributed by atoms with Crippen LogP contribution < -0.4 is 10.2 Å². The lowest BCUT2D eigenvalue weighted by Gasteiger charge is -2.37. The number of anilines is 3. The maximum atomic E-state index is 5.75. The molecule has 0 amide bonds. The zero-order valence-corrected chi connectivity index (χ0v) is 13.0. The predicted molar refractivity (Wildman–Crippen MR) is 82.6 cm³/mol. The standard InChI is InChI=1S/C15H19N5O3/c1-11-10-13(19-23-11)17-12-2-5-16-14(18-12)20-6-3-15(4-7-20)21-8-9-22-15/h2,5,10H,3-4,6-9H2,1H3,(H,16,17,18,19). The largest absolute Gasteiger partial charge is 0.360 e. The highest BCUT2D eigenvalue weighted by molar-refractivity contribution is 5.52. The number of nitrogens with zero attached hydrogens (tertiary/aromatic N) is 4. The summed E-state index contributed by atoms with van der Waals surface area (Å²) in [5, 5.41) is 7.03. The van der Waals surface area contributed by atoms with Crippen molar-refractivity contribution in [3.63, 3.8) is 0 Å². The molecule has 0 radical (unpaired) electrons. The molecule has 4 heterocycles. The van der Waals surface area contributed by atoms with Crippen LogP contribution in [0.2, 0.25) is 0 Å². The van der Waals surface area contributed by atoms with Gasteiger partial charge in [0.15, 0.2) is 11.6 Å². The Morgan fingerprint density at radius 2 is 1.96 bits per heavy atom. The molecule has 8 heteroatoms. The molecular formula is C15H19N5O3. The lowest BCUT2D eigenvalue weighted by Crippen LogP contribution is -2.45. The van der Waals surface area contributed by atoms with Crippen LogP contribution in [0.3, 0.4) is 0 Å². The number of aryl methyl sites for hydroxylation is 1. The lowest BCUT2D eigenvalue weighted by molar-refractivity contribution is -0.169. The van der Waals surface area contributed by atoms with Gasteiger partial charge in [-0.1, -0.05) is 5.16 Å². The molecule has 2 aliphatic heterocycles. The number of hydrogen-bond acceptors (Lipinski definition) is 8. The van der Waals surface area contributed by atoms with Crippen molar-refractivity contribution in [2.45, 2.75) is 25.6 Å². The molecule has 0 aromatic carbocycles. The van der Waals surface area contributed by atoms with E-state index in [2.05, 4.69) is 25.3 Å². The summed E-state index contributed by atoms with van der Waals surface area (Å²) in [4.78, 5) is 11.1. The second-order valence-electron chi connectivity index (χ2n) is 5.78. The summed E-state index contributed by atoms with van der Waals surface area (Å²) in [6, 6.07) is 3.63. The van der Waals surface area contributed by atoms with Crippen LogP contribution in [0.5, 0.6) is 0 Å². The molecule has 1 N–H and O–H groups in total. The fraction of sp³-hybridized carbons (Fsp3) is 0.533. The van der Waals surface area contributed by atoms with Gasteiger partial charge in [0.1, 0.15) is 11.6 Å². The van der Waals surface area contributed by atoms with Crippen LogP contribution >= 0.6 is 0 Å². The number of aromatic nitrogens is 3. The van der Waals surface area contributed by atoms with Crippen molar-refractivity contribution >= 4 is 17.6 Å². The van der Waals surface area contributed by atoms with Crippen molar-refractivity contribution in [3.8, 4) is 0 Å². The van der Waals surface area contributed by atoms with Crippen LogP contribution in [-0.4, -0.2) is 47.2 Å². The molecule has 2 aromatic rings. The van der Waals surface area contributed by atoms with Crippen LogP contribution in [0, 0.1) is 6.92 Å². The molecule has 8 nitrogen and oxygen atoms in total. The molecule has 4 rings (SSSR count). The first kappa shape index (κ1) is 14.4. The van der Waals surface area contributed by atoms with Crippen molar-refractivity contribution in [3.05, 3.63) is 24.1 Å². The molecule has 23 heavy (non-hydrogen) atoms. The molecule has 2 aromatic heterocycles. The molecule has 1 spiro atoms. The predicted octanol–water partition coefficient (Wildman–Crippen LogP) is 1.86. The third kappa shape index (κ3) is 2.99. The zero-order chi connectivity index (χ0) is 15.7. The minimum absolute atomic E-state index is 0.384. The minimum Gasteiger partial charge on any atom is -0.360 e. The third-order valence-corrected chi connectivity index (χ3v) is 4.15. The molecule has 0 saturated carbocycles. The highest BCUT2D eigenvalue weighted by Crippen LogP contribution is 2.32. The van der Waals surface area contributed by atoms with E-state index in [-0.39, 0.29) is 5.79 Å². The minimum atomic E-state index is -0.384. The summed E-state index contributed by atoms with van der Waals surface area (Å²) in [5.41, 5.74) is 0. The fourth-order valence-corrected chi connectivity index (χ4v) is 2.96. The summed E-state index contributed by atoms with van der Waals surface area (Å²) in [6.45, 7) is 4.85. The van der Waals surface area contributed by atoms with Gasteiger partial charge in [0, 0.05) is 38.2 Å². The van der Waals surface area contributed by atoms with Crippen LogP contribution in [0.15, 0.2) is 22.9 Å². The van der Waals surface area contributed by atoms with Gasteiger partial charge in [-0.25, -0.2) is 4.98 Å². The van der Waals surface area contributed by atoms with Gasteiger partial charge in [0.2, 0.25) is 5.95 Å². The number of piperidine rings is 1. The van der Waals surface area contributed by atoms with Crippen molar-refractivity contribution in [2.75, 3.05) is 36.5 Å². The molecule has 122 valence electrons. The summed E-state index contributed by atoms with van der Waals surface area (Å²) >= 11 is 0. The van der Waals surface area contributed by atoms with E-state index < -0.39 is 0 Å². The van der Waals surface area contributed by atoms with Gasteiger partial charge in [-0.05, 0) is 13.0 Å². The molecule has 0 unspecified atom stereocenters. The van der Waals surface area contributed by atoms with Crippen LogP contribution in [-0.2, 0) is 9.47 Å². The van der Waals surface area contributed by atoms with Gasteiger partial charge in [0.05, 0.1) is 13.2 Å². The molecule has 2 fully saturated rings. The molecular weight excluding hydrogens is 298 g/mol. The second kappa shape index (κ2) is 5.78. The van der Waals surface area contributed by atoms with Gasteiger partial charge < -0.3 is 24.2 Å². The summed E-state index contributed by atoms with van der Waals surface area (Å²) < 4.78 is 16.5. The van der Waals surface area contributed by atoms with E-state index in [0.717, 1.165) is 31.7 Å². The van der Waals surface area contributed by atoms with Crippen LogP contribution in [0.4, 0.5) is 17.6 Å². The van der Waals surface area contributed by atoms with Crippen molar-refractivity contribution in [1.82, 2.24) is 15.1 Å². The molecule has 2 aliphatic rings. The van der Waals surface area contributed by atoms with Crippen molar-refractivity contribution in [2.24, 2.45) is 0 Å². The van der Waals surface area contributed by atoms with Gasteiger partial charge in [0.25, 0.3) is 0 Å². The Labute approximate surface area is 133 Å². The Balaban J connectivity index is 1.44. The number of rotatable bonds is 3. The molecule has 0 atom stereocenters. The van der Waals surface area contributed by atoms with Gasteiger partial charge in [-0.3, -0.25) is 0 Å². The maximum Gasteiger partial charge on any atom is 0.227 e. The quantitative estimate of drug-likeness (QED) is 0.918. The summed E-state index contributed by atoms with van der Waals surface area (Å²) in [5.74, 6) is 2.39. The second-order valence-corrected chi connectivity index (χ2v) is 5.78. The highest BCUT2D eigenvalue weighted by Gasteiger charge is 2.40. The average molecular weight is 317 g/mol. The van der Waals surface area contributed by atoms with Crippen molar-refractivity contribution < 1.29 is 14.0 Å². The number of nitrogens with one attached hydrogen (secondary N) is 1. The summed E-state index contributed by atoms with van der Waals surface area (Å²) in [6.07, 6.45) is 3.40. The van der Waals surface area contributed by atoms with Gasteiger partial charge in [-0.2, -0.15) is 4.98 Å². The number of hydrogen-bond donors (Lipinski definition) is 1. The maximum absolute atomic E-state index is 5.75. The van der Waals surface area contributed by atoms with E-state index in [4.69, 9.17) is 14.0 Å². The Morgan fingerprint density at radius 1 is 1.17 bits per heavy atom. The van der Waals surface area contributed by atoms with Gasteiger partial charge in [-0.15, -0.1) is 0 Å². The molecule has 0 bridgehead atoms. The Hall–Kier alpha value is -2.19. The van der Waals surface area contributed by atoms with Gasteiger partial charge >= 0.3 is 0 Å². The van der Waals surface area contributed by atoms with E-state index in [1.54, 1.807) is 6.20 Å². The smallest absolute Gasteiger partial charge is 0.227 e. The zero-order valence-electron chi connectivity index (χ0n) is 13.0. The van der Waals surface area contributed by atoms with E-state index in [9.17, 15) is 0 Å². The fourth-order valence-electron chi connectivity index (χ4n) is 2.96. The Bertz CT molecular complexity index is 673. The third-order valence-electron chi connectivity index (χ3n) is 4.15. The average Bonchev–Trinajstić information content (AvgIpc) is 3.18. The summed E-state index contributed by atoms with van der Waals surface area (Å²) in [7, 11) is 0. The Morgan fingerprint density at radius 3 is 2.65 bits per heavy atom. The highest BCUT2D eigenvalue weighted by atomic mass is 16.7. The Kier molecular flexibility index (Phi) is 3.62. The first-order valence-electron chi connectivity index (χ1n) is 7.79. The number of ether oxygens (including phenoxy) is 2. The first-order valence-corrected chi connectivity index (χ1v) is 7.79. The SMILES string of the molecule is Cc1cc(Nc2ccnc(N3CCC4(CC3)OCCO4)n2)no1. The van der Waals surface area contributed by atoms with E-state index in [1.165, 1.54) is 0 Å². The molecule has 0 aliphatic carbocycles. The van der Waals surface area contributed by atoms with E-state index in [1.807, 2.05) is 19.1 Å².